The molecule has 0 fully saturated rings. The molecule has 8 heteroatoms. The summed E-state index contributed by atoms with van der Waals surface area (Å²) < 4.78 is 7.35. The second-order valence-electron chi connectivity index (χ2n) is 5.01. The summed E-state index contributed by atoms with van der Waals surface area (Å²) in [6.07, 6.45) is 1.59. The van der Waals surface area contributed by atoms with Crippen molar-refractivity contribution >= 4 is 41.6 Å². The van der Waals surface area contributed by atoms with Gasteiger partial charge in [-0.2, -0.15) is 14.9 Å². The molecular formula is C17H14Cl2N4OS. The molecule has 0 bridgehead atoms. The molecule has 0 amide bonds. The minimum Gasteiger partial charge on any atom is -0.494 e. The van der Waals surface area contributed by atoms with Crippen molar-refractivity contribution in [1.29, 1.82) is 0 Å². The fourth-order valence-electron chi connectivity index (χ4n) is 2.19. The lowest BCUT2D eigenvalue weighted by Gasteiger charge is -2.05. The first-order valence-electron chi connectivity index (χ1n) is 7.49. The number of aromatic nitrogens is 3. The zero-order valence-electron chi connectivity index (χ0n) is 13.2. The third kappa shape index (κ3) is 3.92. The molecule has 25 heavy (non-hydrogen) atoms. The van der Waals surface area contributed by atoms with Gasteiger partial charge in [-0.3, -0.25) is 0 Å². The van der Waals surface area contributed by atoms with Crippen molar-refractivity contribution in [3.05, 3.63) is 62.8 Å². The highest BCUT2D eigenvalue weighted by Crippen LogP contribution is 2.25. The number of ether oxygens (including phenoxy) is 1. The van der Waals surface area contributed by atoms with Crippen molar-refractivity contribution in [3.63, 3.8) is 0 Å². The number of nitrogens with zero attached hydrogens (tertiary/aromatic N) is 3. The molecule has 3 aromatic rings. The van der Waals surface area contributed by atoms with Crippen molar-refractivity contribution in [2.24, 2.45) is 5.10 Å². The Hall–Kier alpha value is -2.15. The van der Waals surface area contributed by atoms with E-state index in [-0.39, 0.29) is 0 Å². The number of halogens is 2. The summed E-state index contributed by atoms with van der Waals surface area (Å²) in [6.45, 7) is 2.55. The molecule has 0 atom stereocenters. The summed E-state index contributed by atoms with van der Waals surface area (Å²) in [5.41, 5.74) is 1.54. The van der Waals surface area contributed by atoms with Gasteiger partial charge in [0.15, 0.2) is 5.82 Å². The van der Waals surface area contributed by atoms with E-state index in [1.165, 1.54) is 4.68 Å². The average Bonchev–Trinajstić information content (AvgIpc) is 2.98. The molecule has 0 aliphatic rings. The van der Waals surface area contributed by atoms with E-state index in [0.717, 1.165) is 11.3 Å². The number of benzene rings is 2. The van der Waals surface area contributed by atoms with Crippen molar-refractivity contribution < 1.29 is 4.74 Å². The molecular weight excluding hydrogens is 379 g/mol. The molecule has 3 rings (SSSR count). The smallest absolute Gasteiger partial charge is 0.216 e. The van der Waals surface area contributed by atoms with Gasteiger partial charge in [0.05, 0.1) is 22.9 Å². The Morgan fingerprint density at radius 1 is 1.24 bits per heavy atom. The number of hydrogen-bond donors (Lipinski definition) is 1. The van der Waals surface area contributed by atoms with E-state index in [1.54, 1.807) is 18.3 Å². The quantitative estimate of drug-likeness (QED) is 0.479. The molecule has 1 N–H and O–H groups in total. The van der Waals surface area contributed by atoms with Gasteiger partial charge in [0, 0.05) is 11.1 Å². The van der Waals surface area contributed by atoms with Crippen LogP contribution in [0, 0.1) is 4.77 Å². The lowest BCUT2D eigenvalue weighted by atomic mass is 10.2. The third-order valence-corrected chi connectivity index (χ3v) is 4.47. The maximum absolute atomic E-state index is 6.18. The van der Waals surface area contributed by atoms with E-state index in [0.29, 0.717) is 32.8 Å². The molecule has 0 spiro atoms. The Kier molecular flexibility index (Phi) is 5.53. The van der Waals surface area contributed by atoms with Crippen LogP contribution >= 0.6 is 35.4 Å². The average molecular weight is 393 g/mol. The largest absolute Gasteiger partial charge is 0.494 e. The summed E-state index contributed by atoms with van der Waals surface area (Å²) in [5, 5.41) is 12.3. The van der Waals surface area contributed by atoms with E-state index in [9.17, 15) is 0 Å². The normalized spacial score (nSPS) is 11.2. The zero-order valence-corrected chi connectivity index (χ0v) is 15.6. The zero-order chi connectivity index (χ0) is 17.8. The van der Waals surface area contributed by atoms with Crippen LogP contribution in [-0.4, -0.2) is 27.7 Å². The summed E-state index contributed by atoms with van der Waals surface area (Å²) in [6, 6.07) is 12.9. The number of nitrogens with one attached hydrogen (secondary N) is 1. The van der Waals surface area contributed by atoms with Gasteiger partial charge in [-0.05, 0) is 49.5 Å². The Bertz CT molecular complexity index is 964. The van der Waals surface area contributed by atoms with Gasteiger partial charge in [-0.25, -0.2) is 5.10 Å². The van der Waals surface area contributed by atoms with Gasteiger partial charge in [-0.1, -0.05) is 35.3 Å². The Balaban J connectivity index is 1.95. The molecule has 1 heterocycles. The minimum absolute atomic E-state index is 0.373. The van der Waals surface area contributed by atoms with Crippen molar-refractivity contribution in [3.8, 4) is 17.1 Å². The Morgan fingerprint density at radius 3 is 2.72 bits per heavy atom. The van der Waals surface area contributed by atoms with Crippen LogP contribution in [0.4, 0.5) is 0 Å². The van der Waals surface area contributed by atoms with E-state index < -0.39 is 0 Å². The first-order valence-corrected chi connectivity index (χ1v) is 8.65. The molecule has 0 radical (unpaired) electrons. The molecule has 128 valence electrons. The van der Waals surface area contributed by atoms with Crippen LogP contribution in [0.1, 0.15) is 12.5 Å². The SMILES string of the molecule is CCOc1ccc(-c2n[nH]c(=S)n2/N=C\c2cccc(Cl)c2Cl)cc1. The van der Waals surface area contributed by atoms with Gasteiger partial charge in [0.2, 0.25) is 4.77 Å². The molecule has 0 saturated carbocycles. The topological polar surface area (TPSA) is 55.2 Å². The second kappa shape index (κ2) is 7.82. The van der Waals surface area contributed by atoms with Crippen molar-refractivity contribution in [2.45, 2.75) is 6.92 Å². The van der Waals surface area contributed by atoms with E-state index in [1.807, 2.05) is 37.3 Å². The van der Waals surface area contributed by atoms with Crippen LogP contribution in [0.15, 0.2) is 47.6 Å². The molecule has 0 unspecified atom stereocenters. The standard InChI is InChI=1S/C17H14Cl2N4OS/c1-2-24-13-8-6-11(7-9-13)16-21-22-17(25)23(16)20-10-12-4-3-5-14(18)15(12)19/h3-10H,2H2,1H3,(H,22,25)/b20-10-. The van der Waals surface area contributed by atoms with Gasteiger partial charge in [-0.15, -0.1) is 0 Å². The van der Waals surface area contributed by atoms with Gasteiger partial charge in [0.1, 0.15) is 5.75 Å². The lowest BCUT2D eigenvalue weighted by molar-refractivity contribution is 0.340. The number of aromatic amines is 1. The molecule has 0 aliphatic heterocycles. The summed E-state index contributed by atoms with van der Waals surface area (Å²) in [7, 11) is 0. The van der Waals surface area contributed by atoms with Crippen LogP contribution in [0.3, 0.4) is 0 Å². The number of H-pyrrole nitrogens is 1. The van der Waals surface area contributed by atoms with Crippen LogP contribution < -0.4 is 4.74 Å². The molecule has 2 aromatic carbocycles. The Morgan fingerprint density at radius 2 is 2.00 bits per heavy atom. The number of rotatable bonds is 5. The molecule has 0 saturated heterocycles. The Labute approximate surface area is 159 Å². The summed E-state index contributed by atoms with van der Waals surface area (Å²) >= 11 is 17.5. The van der Waals surface area contributed by atoms with Crippen LogP contribution in [0.5, 0.6) is 5.75 Å². The predicted molar refractivity (Wildman–Crippen MR) is 103 cm³/mol. The molecule has 0 aliphatic carbocycles. The maximum Gasteiger partial charge on any atom is 0.216 e. The maximum atomic E-state index is 6.18. The highest BCUT2D eigenvalue weighted by Gasteiger charge is 2.09. The number of hydrogen-bond acceptors (Lipinski definition) is 4. The van der Waals surface area contributed by atoms with Crippen LogP contribution in [0.2, 0.25) is 10.0 Å². The van der Waals surface area contributed by atoms with E-state index in [2.05, 4.69) is 15.3 Å². The molecule has 1 aromatic heterocycles. The fourth-order valence-corrected chi connectivity index (χ4v) is 2.73. The fraction of sp³-hybridized carbons (Fsp3) is 0.118. The van der Waals surface area contributed by atoms with E-state index in [4.69, 9.17) is 40.2 Å². The van der Waals surface area contributed by atoms with Crippen molar-refractivity contribution in [2.75, 3.05) is 6.61 Å². The van der Waals surface area contributed by atoms with E-state index >= 15 is 0 Å². The molecule has 5 nitrogen and oxygen atoms in total. The second-order valence-corrected chi connectivity index (χ2v) is 6.18. The van der Waals surface area contributed by atoms with Crippen molar-refractivity contribution in [1.82, 2.24) is 14.9 Å². The lowest BCUT2D eigenvalue weighted by Crippen LogP contribution is -1.96. The van der Waals surface area contributed by atoms with Gasteiger partial charge < -0.3 is 4.74 Å². The highest BCUT2D eigenvalue weighted by atomic mass is 35.5. The van der Waals surface area contributed by atoms with Crippen LogP contribution in [0.25, 0.3) is 11.4 Å². The summed E-state index contributed by atoms with van der Waals surface area (Å²) in [5.74, 6) is 1.38. The van der Waals surface area contributed by atoms with Crippen LogP contribution in [-0.2, 0) is 0 Å². The highest BCUT2D eigenvalue weighted by molar-refractivity contribution is 7.71. The first kappa shape index (κ1) is 17.7. The first-order chi connectivity index (χ1) is 12.1. The van der Waals surface area contributed by atoms with Gasteiger partial charge in [0.25, 0.3) is 0 Å². The predicted octanol–water partition coefficient (Wildman–Crippen LogP) is 5.20. The monoisotopic (exact) mass is 392 g/mol. The minimum atomic E-state index is 0.373. The van der Waals surface area contributed by atoms with Gasteiger partial charge >= 0.3 is 0 Å². The summed E-state index contributed by atoms with van der Waals surface area (Å²) in [4.78, 5) is 0. The third-order valence-electron chi connectivity index (χ3n) is 3.37.